The number of ether oxygens (including phenoxy) is 2. The van der Waals surface area contributed by atoms with Crippen molar-refractivity contribution < 1.29 is 24.2 Å². The number of aromatic nitrogens is 1. The van der Waals surface area contributed by atoms with Crippen LogP contribution in [0.3, 0.4) is 0 Å². The summed E-state index contributed by atoms with van der Waals surface area (Å²) in [6.07, 6.45) is 6.99. The Kier molecular flexibility index (Phi) is 8.83. The monoisotopic (exact) mass is 573 g/mol. The van der Waals surface area contributed by atoms with Gasteiger partial charge in [0, 0.05) is 35.2 Å². The van der Waals surface area contributed by atoms with E-state index in [1.54, 1.807) is 19.1 Å². The van der Waals surface area contributed by atoms with Crippen molar-refractivity contribution in [3.63, 3.8) is 0 Å². The molecule has 1 saturated heterocycles. The van der Waals surface area contributed by atoms with E-state index >= 15 is 0 Å². The number of rotatable bonds is 8. The Morgan fingerprint density at radius 2 is 1.88 bits per heavy atom. The van der Waals surface area contributed by atoms with Gasteiger partial charge in [-0.1, -0.05) is 30.0 Å². The van der Waals surface area contributed by atoms with Gasteiger partial charge in [-0.15, -0.1) is 0 Å². The van der Waals surface area contributed by atoms with Crippen molar-refractivity contribution in [2.75, 3.05) is 19.8 Å². The van der Waals surface area contributed by atoms with E-state index in [2.05, 4.69) is 11.9 Å². The van der Waals surface area contributed by atoms with Gasteiger partial charge in [0.05, 0.1) is 23.8 Å². The van der Waals surface area contributed by atoms with Crippen molar-refractivity contribution in [3.05, 3.63) is 76.5 Å². The summed E-state index contributed by atoms with van der Waals surface area (Å²) in [5.74, 6) is 0.0247. The molecule has 1 aromatic heterocycles. The number of carbonyl (C=O) groups excluding carboxylic acids is 2. The number of likely N-dealkylation sites (tertiary alicyclic amines) is 1. The fraction of sp³-hybridized carbons (Fsp3) is 0.344. The zero-order chi connectivity index (χ0) is 28.9. The number of amides is 1. The number of para-hydroxylation sites is 1. The number of hydrogen-bond acceptors (Lipinski definition) is 7. The van der Waals surface area contributed by atoms with Gasteiger partial charge in [-0.3, -0.25) is 4.79 Å². The molecule has 1 amide bonds. The molecule has 0 aliphatic carbocycles. The molecule has 214 valence electrons. The topological polar surface area (TPSA) is 93.4 Å². The number of benzene rings is 2. The van der Waals surface area contributed by atoms with Gasteiger partial charge in [-0.2, -0.15) is 0 Å². The lowest BCUT2D eigenvalue weighted by atomic mass is 10.0. The van der Waals surface area contributed by atoms with Gasteiger partial charge in [0.1, 0.15) is 28.7 Å². The third-order valence-electron chi connectivity index (χ3n) is 7.28. The van der Waals surface area contributed by atoms with Gasteiger partial charge in [0.25, 0.3) is 0 Å². The largest absolute Gasteiger partial charge is 0.506 e. The first-order valence-electron chi connectivity index (χ1n) is 14.1. The van der Waals surface area contributed by atoms with E-state index in [0.717, 1.165) is 48.0 Å². The number of piperidine rings is 1. The van der Waals surface area contributed by atoms with Crippen LogP contribution in [0.2, 0.25) is 0 Å². The minimum Gasteiger partial charge on any atom is -0.506 e. The second-order valence-corrected chi connectivity index (χ2v) is 11.1. The van der Waals surface area contributed by atoms with Crippen LogP contribution in [0.4, 0.5) is 5.69 Å². The van der Waals surface area contributed by atoms with E-state index in [9.17, 15) is 14.7 Å². The van der Waals surface area contributed by atoms with E-state index in [1.807, 2.05) is 65.1 Å². The summed E-state index contributed by atoms with van der Waals surface area (Å²) >= 11 is 1.21. The fourth-order valence-electron chi connectivity index (χ4n) is 5.26. The van der Waals surface area contributed by atoms with Crippen LogP contribution < -0.4 is 4.74 Å². The van der Waals surface area contributed by atoms with Crippen molar-refractivity contribution in [3.8, 4) is 5.75 Å². The third-order valence-corrected chi connectivity index (χ3v) is 8.30. The molecule has 2 aliphatic heterocycles. The first-order chi connectivity index (χ1) is 19.9. The summed E-state index contributed by atoms with van der Waals surface area (Å²) in [5.41, 5.74) is 2.42. The van der Waals surface area contributed by atoms with Crippen LogP contribution in [0, 0.1) is 0 Å². The van der Waals surface area contributed by atoms with Gasteiger partial charge >= 0.3 is 5.97 Å². The number of carbonyl (C=O) groups is 2. The fourth-order valence-corrected chi connectivity index (χ4v) is 6.29. The van der Waals surface area contributed by atoms with E-state index in [4.69, 9.17) is 9.47 Å². The summed E-state index contributed by atoms with van der Waals surface area (Å²) in [7, 11) is 0. The van der Waals surface area contributed by atoms with Gasteiger partial charge in [-0.05, 0) is 76.4 Å². The normalized spacial score (nSPS) is 19.4. The van der Waals surface area contributed by atoms with E-state index in [-0.39, 0.29) is 36.4 Å². The molecular formula is C32H35N3O5S. The van der Waals surface area contributed by atoms with Gasteiger partial charge in [0.2, 0.25) is 5.91 Å². The summed E-state index contributed by atoms with van der Waals surface area (Å²) < 4.78 is 12.7. The lowest BCUT2D eigenvalue weighted by Crippen LogP contribution is -2.43. The molecule has 0 radical (unpaired) electrons. The second kappa shape index (κ2) is 12.7. The van der Waals surface area contributed by atoms with Crippen molar-refractivity contribution in [1.29, 1.82) is 0 Å². The molecule has 5 rings (SSSR count). The Hall–Kier alpha value is -3.98. The van der Waals surface area contributed by atoms with Gasteiger partial charge in [0.15, 0.2) is 0 Å². The van der Waals surface area contributed by atoms with Crippen molar-refractivity contribution in [1.82, 2.24) is 9.47 Å². The molecule has 0 unspecified atom stereocenters. The zero-order valence-electron chi connectivity index (χ0n) is 23.6. The number of fused-ring (bicyclic) bond motifs is 1. The van der Waals surface area contributed by atoms with Crippen molar-refractivity contribution in [2.24, 2.45) is 4.99 Å². The van der Waals surface area contributed by atoms with Crippen LogP contribution in [-0.4, -0.2) is 57.3 Å². The van der Waals surface area contributed by atoms with Crippen LogP contribution in [-0.2, 0) is 20.9 Å². The number of aliphatic imine (C=N–C) groups is 1. The summed E-state index contributed by atoms with van der Waals surface area (Å²) in [5, 5.41) is 12.5. The lowest BCUT2D eigenvalue weighted by molar-refractivity contribution is -0.138. The molecule has 1 atom stereocenters. The Labute approximate surface area is 244 Å². The number of hydrogen-bond donors (Lipinski definition) is 1. The van der Waals surface area contributed by atoms with Crippen molar-refractivity contribution in [2.45, 2.75) is 52.6 Å². The maximum Gasteiger partial charge on any atom is 0.344 e. The average Bonchev–Trinajstić information content (AvgIpc) is 3.46. The summed E-state index contributed by atoms with van der Waals surface area (Å²) in [6.45, 7) is 7.51. The smallest absolute Gasteiger partial charge is 0.344 e. The SMILES string of the molecule is CCOC(=O)C1=C(O)/C(=C/c2cn(CC(=O)N3CCCC[C@H]3C)c3ccccc23)SC1=Nc1ccc(OCC)cc1. The minimum atomic E-state index is -0.630. The highest BCUT2D eigenvalue weighted by Gasteiger charge is 2.33. The molecule has 3 heterocycles. The first kappa shape index (κ1) is 28.5. The second-order valence-electron chi connectivity index (χ2n) is 10.1. The predicted molar refractivity (Wildman–Crippen MR) is 164 cm³/mol. The Balaban J connectivity index is 1.49. The maximum absolute atomic E-state index is 13.2. The Bertz CT molecular complexity index is 1540. The summed E-state index contributed by atoms with van der Waals surface area (Å²) in [6, 6.07) is 15.3. The van der Waals surface area contributed by atoms with Crippen molar-refractivity contribution >= 4 is 51.3 Å². The molecule has 2 aromatic carbocycles. The Morgan fingerprint density at radius 1 is 1.10 bits per heavy atom. The zero-order valence-corrected chi connectivity index (χ0v) is 24.4. The molecule has 0 spiro atoms. The lowest BCUT2D eigenvalue weighted by Gasteiger charge is -2.33. The van der Waals surface area contributed by atoms with E-state index in [1.165, 1.54) is 11.8 Å². The molecule has 9 heteroatoms. The first-order valence-corrected chi connectivity index (χ1v) is 14.9. The molecule has 0 saturated carbocycles. The molecule has 3 aromatic rings. The number of aliphatic hydroxyl groups excluding tert-OH is 1. The minimum absolute atomic E-state index is 0.0370. The molecule has 8 nitrogen and oxygen atoms in total. The number of aliphatic hydroxyl groups is 1. The highest BCUT2D eigenvalue weighted by molar-refractivity contribution is 8.18. The predicted octanol–water partition coefficient (Wildman–Crippen LogP) is 6.63. The van der Waals surface area contributed by atoms with Gasteiger partial charge in [-0.25, -0.2) is 9.79 Å². The highest BCUT2D eigenvalue weighted by atomic mass is 32.2. The number of nitrogens with zero attached hydrogens (tertiary/aromatic N) is 3. The molecule has 1 N–H and O–H groups in total. The van der Waals surface area contributed by atoms with Crippen LogP contribution >= 0.6 is 11.8 Å². The standard InChI is InChI=1S/C32H35N3O5S/c1-4-39-24-15-13-23(14-16-24)33-31-29(32(38)40-5-2)30(37)27(41-31)18-22-19-34(26-12-7-6-11-25(22)26)20-28(36)35-17-9-8-10-21(35)3/h6-7,11-16,18-19,21,37H,4-5,8-10,17,20H2,1-3H3/b27-18-,33-31?/t21-/m1/s1. The number of thioether (sulfide) groups is 1. The average molecular weight is 574 g/mol. The quantitative estimate of drug-likeness (QED) is 0.304. The van der Waals surface area contributed by atoms with E-state index < -0.39 is 5.97 Å². The number of esters is 1. The highest BCUT2D eigenvalue weighted by Crippen LogP contribution is 2.41. The molecule has 0 bridgehead atoms. The summed E-state index contributed by atoms with van der Waals surface area (Å²) in [4.78, 5) is 33.2. The van der Waals surface area contributed by atoms with Crippen LogP contribution in [0.15, 0.2) is 76.0 Å². The van der Waals surface area contributed by atoms with Crippen LogP contribution in [0.25, 0.3) is 17.0 Å². The van der Waals surface area contributed by atoms with Crippen LogP contribution in [0.1, 0.15) is 45.6 Å². The molecular weight excluding hydrogens is 538 g/mol. The molecule has 2 aliphatic rings. The van der Waals surface area contributed by atoms with Crippen LogP contribution in [0.5, 0.6) is 5.75 Å². The molecule has 1 fully saturated rings. The van der Waals surface area contributed by atoms with E-state index in [0.29, 0.717) is 22.2 Å². The third kappa shape index (κ3) is 6.20. The van der Waals surface area contributed by atoms with Gasteiger partial charge < -0.3 is 24.0 Å². The maximum atomic E-state index is 13.2. The molecule has 41 heavy (non-hydrogen) atoms. The Morgan fingerprint density at radius 3 is 2.61 bits per heavy atom.